The number of nitrogens with two attached hydrogens (primary N) is 1. The van der Waals surface area contributed by atoms with Crippen LogP contribution in [0.2, 0.25) is 0 Å². The van der Waals surface area contributed by atoms with E-state index >= 15 is 0 Å². The molecule has 116 valence electrons. The van der Waals surface area contributed by atoms with Gasteiger partial charge in [0.2, 0.25) is 0 Å². The van der Waals surface area contributed by atoms with Crippen LogP contribution in [0, 0.1) is 10.1 Å². The Morgan fingerprint density at radius 3 is 2.48 bits per heavy atom. The van der Waals surface area contributed by atoms with Crippen LogP contribution in [0.4, 0.5) is 11.4 Å². The van der Waals surface area contributed by atoms with E-state index in [1.165, 1.54) is 18.2 Å². The van der Waals surface area contributed by atoms with Gasteiger partial charge in [0.25, 0.3) is 11.6 Å². The molecule has 0 spiro atoms. The minimum absolute atomic E-state index is 0.0709. The van der Waals surface area contributed by atoms with Crippen molar-refractivity contribution in [1.29, 1.82) is 0 Å². The van der Waals surface area contributed by atoms with Gasteiger partial charge in [-0.05, 0) is 26.6 Å². The fourth-order valence-corrected chi connectivity index (χ4v) is 1.97. The molecule has 0 aliphatic heterocycles. The van der Waals surface area contributed by atoms with Crippen molar-refractivity contribution >= 4 is 17.3 Å². The van der Waals surface area contributed by atoms with Crippen molar-refractivity contribution in [3.05, 3.63) is 33.9 Å². The minimum Gasteiger partial charge on any atom is -0.393 e. The van der Waals surface area contributed by atoms with E-state index in [9.17, 15) is 14.9 Å². The molecule has 21 heavy (non-hydrogen) atoms. The van der Waals surface area contributed by atoms with Crippen LogP contribution in [0.25, 0.3) is 0 Å². The number of nitro groups is 1. The smallest absolute Gasteiger partial charge is 0.292 e. The summed E-state index contributed by atoms with van der Waals surface area (Å²) in [4.78, 5) is 26.5. The Bertz CT molecular complexity index is 517. The van der Waals surface area contributed by atoms with Gasteiger partial charge in [-0.15, -0.1) is 0 Å². The lowest BCUT2D eigenvalue weighted by atomic mass is 10.1. The van der Waals surface area contributed by atoms with Gasteiger partial charge >= 0.3 is 0 Å². The molecule has 0 aliphatic carbocycles. The molecule has 2 N–H and O–H groups in total. The molecule has 0 unspecified atom stereocenters. The lowest BCUT2D eigenvalue weighted by Crippen LogP contribution is -2.37. The maximum Gasteiger partial charge on any atom is 0.292 e. The number of nitrogen functional groups attached to an aromatic ring is 1. The summed E-state index contributed by atoms with van der Waals surface area (Å²) in [6.45, 7) is 3.85. The van der Waals surface area contributed by atoms with Crippen molar-refractivity contribution in [3.8, 4) is 0 Å². The summed E-state index contributed by atoms with van der Waals surface area (Å²) in [5.41, 5.74) is 5.66. The molecule has 0 aromatic heterocycles. The third-order valence-corrected chi connectivity index (χ3v) is 3.11. The van der Waals surface area contributed by atoms with E-state index in [4.69, 9.17) is 5.73 Å². The number of likely N-dealkylation sites (N-methyl/N-ethyl adjacent to an activating group) is 1. The van der Waals surface area contributed by atoms with Crippen LogP contribution < -0.4 is 5.73 Å². The number of amides is 1. The Hall–Kier alpha value is -2.15. The van der Waals surface area contributed by atoms with Crippen LogP contribution in [0.15, 0.2) is 18.2 Å². The molecule has 1 aromatic carbocycles. The summed E-state index contributed by atoms with van der Waals surface area (Å²) in [6.07, 6.45) is 0.813. The summed E-state index contributed by atoms with van der Waals surface area (Å²) in [5.74, 6) is -0.264. The van der Waals surface area contributed by atoms with Crippen LogP contribution >= 0.6 is 0 Å². The van der Waals surface area contributed by atoms with Crippen LogP contribution in [-0.4, -0.2) is 54.4 Å². The van der Waals surface area contributed by atoms with E-state index in [0.717, 1.165) is 13.0 Å². The van der Waals surface area contributed by atoms with E-state index < -0.39 is 4.92 Å². The highest BCUT2D eigenvalue weighted by Crippen LogP contribution is 2.25. The molecular formula is C14H22N4O3. The summed E-state index contributed by atoms with van der Waals surface area (Å²) in [6, 6.07) is 4.32. The molecule has 7 heteroatoms. The molecule has 0 bridgehead atoms. The summed E-state index contributed by atoms with van der Waals surface area (Å²) in [5, 5.41) is 10.9. The maximum absolute atomic E-state index is 12.5. The van der Waals surface area contributed by atoms with Gasteiger partial charge in [-0.2, -0.15) is 0 Å². The van der Waals surface area contributed by atoms with Gasteiger partial charge in [-0.3, -0.25) is 14.9 Å². The number of nitrogens with zero attached hydrogens (tertiary/aromatic N) is 3. The predicted molar refractivity (Wildman–Crippen MR) is 82.3 cm³/mol. The molecule has 0 saturated carbocycles. The van der Waals surface area contributed by atoms with E-state index in [0.29, 0.717) is 13.1 Å². The minimum atomic E-state index is -0.573. The van der Waals surface area contributed by atoms with Gasteiger partial charge in [0.05, 0.1) is 10.5 Å². The van der Waals surface area contributed by atoms with Crippen molar-refractivity contribution in [1.82, 2.24) is 9.80 Å². The molecule has 0 aliphatic rings. The molecule has 7 nitrogen and oxygen atoms in total. The average Bonchev–Trinajstić information content (AvgIpc) is 2.42. The van der Waals surface area contributed by atoms with E-state index in [-0.39, 0.29) is 22.8 Å². The van der Waals surface area contributed by atoms with Gasteiger partial charge in [-0.1, -0.05) is 13.0 Å². The lowest BCUT2D eigenvalue weighted by molar-refractivity contribution is -0.383. The highest BCUT2D eigenvalue weighted by Gasteiger charge is 2.22. The second-order valence-electron chi connectivity index (χ2n) is 5.09. The van der Waals surface area contributed by atoms with Gasteiger partial charge in [0, 0.05) is 25.7 Å². The number of para-hydroxylation sites is 1. The summed E-state index contributed by atoms with van der Waals surface area (Å²) in [7, 11) is 3.85. The second-order valence-corrected chi connectivity index (χ2v) is 5.09. The molecular weight excluding hydrogens is 272 g/mol. The predicted octanol–water partition coefficient (Wildman–Crippen LogP) is 1.59. The molecule has 0 saturated heterocycles. The second kappa shape index (κ2) is 7.58. The number of rotatable bonds is 7. The summed E-state index contributed by atoms with van der Waals surface area (Å²) >= 11 is 0. The number of benzene rings is 1. The van der Waals surface area contributed by atoms with Crippen LogP contribution in [0.1, 0.15) is 23.7 Å². The molecule has 1 aromatic rings. The highest BCUT2D eigenvalue weighted by atomic mass is 16.6. The Kier molecular flexibility index (Phi) is 6.10. The highest BCUT2D eigenvalue weighted by molar-refractivity contribution is 6.01. The number of carbonyl (C=O) groups is 1. The fraction of sp³-hybridized carbons (Fsp3) is 0.500. The SMILES string of the molecule is CCCN(CCN(C)C)C(=O)c1cccc([N+](=O)[O-])c1N. The van der Waals surface area contributed by atoms with Crippen molar-refractivity contribution in [2.75, 3.05) is 39.5 Å². The number of carbonyl (C=O) groups excluding carboxylic acids is 1. The topological polar surface area (TPSA) is 92.7 Å². The van der Waals surface area contributed by atoms with Crippen LogP contribution in [0.5, 0.6) is 0 Å². The normalized spacial score (nSPS) is 10.7. The van der Waals surface area contributed by atoms with E-state index in [1.54, 1.807) is 4.90 Å². The van der Waals surface area contributed by atoms with E-state index in [2.05, 4.69) is 0 Å². The summed E-state index contributed by atoms with van der Waals surface area (Å²) < 4.78 is 0. The van der Waals surface area contributed by atoms with Crippen molar-refractivity contribution in [3.63, 3.8) is 0 Å². The first-order valence-electron chi connectivity index (χ1n) is 6.85. The molecule has 1 amide bonds. The fourth-order valence-electron chi connectivity index (χ4n) is 1.97. The van der Waals surface area contributed by atoms with Gasteiger partial charge in [-0.25, -0.2) is 0 Å². The monoisotopic (exact) mass is 294 g/mol. The Balaban J connectivity index is 3.03. The van der Waals surface area contributed by atoms with Crippen LogP contribution in [-0.2, 0) is 0 Å². The van der Waals surface area contributed by atoms with Gasteiger partial charge in [0.1, 0.15) is 5.69 Å². The lowest BCUT2D eigenvalue weighted by Gasteiger charge is -2.24. The Morgan fingerprint density at radius 2 is 1.95 bits per heavy atom. The standard InChI is InChI=1S/C14H22N4O3/c1-4-8-17(10-9-16(2)3)14(19)11-6-5-7-12(13(11)15)18(20)21/h5-7H,4,8-10,15H2,1-3H3. The van der Waals surface area contributed by atoms with Crippen molar-refractivity contribution in [2.24, 2.45) is 0 Å². The Labute approximate surface area is 124 Å². The molecule has 0 radical (unpaired) electrons. The molecule has 0 atom stereocenters. The first kappa shape index (κ1) is 16.9. The zero-order chi connectivity index (χ0) is 16.0. The largest absolute Gasteiger partial charge is 0.393 e. The third-order valence-electron chi connectivity index (χ3n) is 3.11. The molecule has 0 heterocycles. The van der Waals surface area contributed by atoms with Gasteiger partial charge in [0.15, 0.2) is 0 Å². The van der Waals surface area contributed by atoms with Crippen molar-refractivity contribution < 1.29 is 9.72 Å². The third kappa shape index (κ3) is 4.42. The first-order valence-corrected chi connectivity index (χ1v) is 6.85. The molecule has 1 rings (SSSR count). The Morgan fingerprint density at radius 1 is 1.29 bits per heavy atom. The average molecular weight is 294 g/mol. The van der Waals surface area contributed by atoms with Gasteiger partial charge < -0.3 is 15.5 Å². The zero-order valence-electron chi connectivity index (χ0n) is 12.7. The quantitative estimate of drug-likeness (QED) is 0.468. The van der Waals surface area contributed by atoms with Crippen LogP contribution in [0.3, 0.4) is 0 Å². The van der Waals surface area contributed by atoms with Crippen molar-refractivity contribution in [2.45, 2.75) is 13.3 Å². The number of hydrogen-bond acceptors (Lipinski definition) is 5. The number of anilines is 1. The number of hydrogen-bond donors (Lipinski definition) is 1. The van der Waals surface area contributed by atoms with E-state index in [1.807, 2.05) is 25.9 Å². The first-order chi connectivity index (χ1) is 9.88. The number of nitro benzene ring substituents is 1. The molecule has 0 fully saturated rings. The zero-order valence-corrected chi connectivity index (χ0v) is 12.7. The maximum atomic E-state index is 12.5.